The number of fused-ring (bicyclic) bond motifs is 4. The van der Waals surface area contributed by atoms with Crippen molar-refractivity contribution in [2.45, 2.75) is 56.5 Å². The number of ether oxygens (including phenoxy) is 2. The number of halogens is 1. The average Bonchev–Trinajstić information content (AvgIpc) is 3.06. The first-order chi connectivity index (χ1) is 19.0. The minimum absolute atomic E-state index is 0.0669. The van der Waals surface area contributed by atoms with E-state index in [4.69, 9.17) is 21.1 Å². The largest absolute Gasteiger partial charge is 0.490 e. The molecule has 4 aliphatic rings. The van der Waals surface area contributed by atoms with Crippen LogP contribution < -0.4 is 9.64 Å². The maximum Gasteiger partial charge on any atom is 0.284 e. The van der Waals surface area contributed by atoms with Crippen molar-refractivity contribution in [3.8, 4) is 5.75 Å². The molecule has 0 saturated heterocycles. The lowest BCUT2D eigenvalue weighted by atomic mass is 9.68. The van der Waals surface area contributed by atoms with Gasteiger partial charge in [-0.3, -0.25) is 9.00 Å². The highest BCUT2D eigenvalue weighted by molar-refractivity contribution is 7.75. The van der Waals surface area contributed by atoms with Crippen LogP contribution in [0.3, 0.4) is 0 Å². The van der Waals surface area contributed by atoms with Crippen LogP contribution in [0.1, 0.15) is 60.0 Å². The van der Waals surface area contributed by atoms with Crippen molar-refractivity contribution in [3.05, 3.63) is 70.3 Å². The van der Waals surface area contributed by atoms with Gasteiger partial charge < -0.3 is 14.4 Å². The second kappa shape index (κ2) is 11.3. The van der Waals surface area contributed by atoms with Gasteiger partial charge >= 0.3 is 0 Å². The van der Waals surface area contributed by atoms with Crippen molar-refractivity contribution in [2.75, 3.05) is 37.5 Å². The van der Waals surface area contributed by atoms with Gasteiger partial charge in [0, 0.05) is 52.5 Å². The van der Waals surface area contributed by atoms with Crippen molar-refractivity contribution >= 4 is 33.8 Å². The molecule has 208 valence electrons. The maximum atomic E-state index is 13.0. The predicted octanol–water partition coefficient (Wildman–Crippen LogP) is 6.01. The summed E-state index contributed by atoms with van der Waals surface area (Å²) in [4.78, 5) is 15.5. The van der Waals surface area contributed by atoms with Crippen LogP contribution in [0.15, 0.2) is 52.9 Å². The molecule has 2 aromatic rings. The van der Waals surface area contributed by atoms with Crippen molar-refractivity contribution in [1.82, 2.24) is 0 Å². The van der Waals surface area contributed by atoms with Crippen molar-refractivity contribution in [1.29, 1.82) is 0 Å². The van der Waals surface area contributed by atoms with Crippen LogP contribution in [0.4, 0.5) is 5.69 Å². The molecule has 1 spiro atoms. The fourth-order valence-electron chi connectivity index (χ4n) is 6.96. The van der Waals surface area contributed by atoms with E-state index in [0.717, 1.165) is 74.5 Å². The van der Waals surface area contributed by atoms with Crippen molar-refractivity contribution < 1.29 is 18.5 Å². The van der Waals surface area contributed by atoms with E-state index in [-0.39, 0.29) is 11.5 Å². The molecular formula is C31H37ClN2O4S. The van der Waals surface area contributed by atoms with Crippen LogP contribution in [0.2, 0.25) is 5.02 Å². The zero-order chi connectivity index (χ0) is 27.0. The van der Waals surface area contributed by atoms with E-state index < -0.39 is 16.5 Å². The molecule has 2 aromatic carbocycles. The molecule has 2 unspecified atom stereocenters. The summed E-state index contributed by atoms with van der Waals surface area (Å²) in [6.45, 7) is 2.24. The molecule has 5 atom stereocenters. The van der Waals surface area contributed by atoms with Crippen molar-refractivity contribution in [3.63, 3.8) is 0 Å². The van der Waals surface area contributed by atoms with Crippen LogP contribution in [-0.4, -0.2) is 48.8 Å². The fourth-order valence-corrected chi connectivity index (χ4v) is 8.03. The van der Waals surface area contributed by atoms with Gasteiger partial charge in [-0.25, -0.2) is 0 Å². The van der Waals surface area contributed by atoms with Gasteiger partial charge in [0.05, 0.1) is 18.4 Å². The summed E-state index contributed by atoms with van der Waals surface area (Å²) in [5.74, 6) is 1.69. The van der Waals surface area contributed by atoms with Gasteiger partial charge in [-0.1, -0.05) is 29.8 Å². The molecule has 0 aromatic heterocycles. The molecule has 1 fully saturated rings. The Morgan fingerprint density at radius 2 is 2.08 bits per heavy atom. The van der Waals surface area contributed by atoms with Gasteiger partial charge in [0.1, 0.15) is 5.75 Å². The molecule has 1 saturated carbocycles. The minimum Gasteiger partial charge on any atom is -0.490 e. The third-order valence-corrected chi connectivity index (χ3v) is 10.5. The summed E-state index contributed by atoms with van der Waals surface area (Å²) >= 11 is 6.40. The lowest BCUT2D eigenvalue weighted by molar-refractivity contribution is 0.0132. The van der Waals surface area contributed by atoms with Gasteiger partial charge in [0.15, 0.2) is 0 Å². The normalized spacial score (nSPS) is 32.1. The van der Waals surface area contributed by atoms with Crippen LogP contribution in [0.5, 0.6) is 5.75 Å². The Morgan fingerprint density at radius 3 is 2.90 bits per heavy atom. The van der Waals surface area contributed by atoms with E-state index in [0.29, 0.717) is 29.8 Å². The molecule has 2 aliphatic carbocycles. The minimum atomic E-state index is -1.94. The number of allylic oxidation sites excluding steroid dienone is 1. The lowest BCUT2D eigenvalue weighted by Crippen LogP contribution is -2.49. The van der Waals surface area contributed by atoms with E-state index in [1.807, 2.05) is 18.2 Å². The molecule has 39 heavy (non-hydrogen) atoms. The highest BCUT2D eigenvalue weighted by Gasteiger charge is 2.44. The van der Waals surface area contributed by atoms with E-state index in [1.165, 1.54) is 11.1 Å². The van der Waals surface area contributed by atoms with E-state index in [2.05, 4.69) is 33.5 Å². The molecular weight excluding hydrogens is 532 g/mol. The molecule has 8 heteroatoms. The van der Waals surface area contributed by atoms with Crippen LogP contribution in [0.25, 0.3) is 0 Å². The molecule has 0 radical (unpaired) electrons. The van der Waals surface area contributed by atoms with Crippen LogP contribution in [-0.2, 0) is 27.2 Å². The number of carbonyl (C=O) groups is 1. The molecule has 2 heterocycles. The number of carbonyl (C=O) groups excluding carboxylic acids is 1. The first kappa shape index (κ1) is 26.9. The summed E-state index contributed by atoms with van der Waals surface area (Å²) in [7, 11) is -0.148. The topological polar surface area (TPSA) is 68.2 Å². The third-order valence-electron chi connectivity index (χ3n) is 9.16. The second-order valence-corrected chi connectivity index (χ2v) is 13.3. The van der Waals surface area contributed by atoms with Gasteiger partial charge in [0.2, 0.25) is 0 Å². The third kappa shape index (κ3) is 5.38. The number of benzene rings is 2. The number of aryl methyl sites for hydroxylation is 1. The standard InChI is InChI=1S/C31H37ClN2O4S/c1-37-28-7-3-2-4-15-39(36)33-30(35)22-9-13-29-27(17-22)34(18-23-8-11-25(23)28)19-31(20-38-29)14-5-6-21-16-24(32)10-12-26(21)31/h3,7,9-10,12-13,16-17,23,25,28,39H,2,4-6,8,11,14-15,18-20H2,1H3/b7-3+/t23-,25?,28-,31-/m0/s1. The summed E-state index contributed by atoms with van der Waals surface area (Å²) in [5, 5.41) is 0.773. The highest BCUT2D eigenvalue weighted by atomic mass is 35.5. The monoisotopic (exact) mass is 568 g/mol. The fraction of sp³-hybridized carbons (Fsp3) is 0.516. The SMILES string of the molecule is CO[C@H]1/C=C/CCC/[SH](=O)=N\C(=O)c2ccc3c(c2)N(C[C@@H]2CCC21)C[C@@]1(CCCc2cc(Cl)ccc21)CO3. The smallest absolute Gasteiger partial charge is 0.284 e. The number of amides is 1. The van der Waals surface area contributed by atoms with E-state index >= 15 is 0 Å². The van der Waals surface area contributed by atoms with Gasteiger partial charge in [-0.05, 0) is 98.2 Å². The number of hydrogen-bond donors (Lipinski definition) is 1. The Bertz CT molecular complexity index is 1370. The summed E-state index contributed by atoms with van der Waals surface area (Å²) in [6, 6.07) is 11.9. The Morgan fingerprint density at radius 1 is 1.18 bits per heavy atom. The van der Waals surface area contributed by atoms with Gasteiger partial charge in [-0.2, -0.15) is 4.36 Å². The summed E-state index contributed by atoms with van der Waals surface area (Å²) in [5.41, 5.74) is 3.85. The zero-order valence-corrected chi connectivity index (χ0v) is 24.1. The number of anilines is 1. The van der Waals surface area contributed by atoms with E-state index in [9.17, 15) is 9.00 Å². The van der Waals surface area contributed by atoms with Crippen LogP contribution in [0, 0.1) is 11.8 Å². The predicted molar refractivity (Wildman–Crippen MR) is 157 cm³/mol. The maximum absolute atomic E-state index is 13.0. The number of rotatable bonds is 1. The van der Waals surface area contributed by atoms with Crippen LogP contribution >= 0.6 is 11.6 Å². The molecule has 1 amide bonds. The average molecular weight is 569 g/mol. The second-order valence-electron chi connectivity index (χ2n) is 11.5. The molecule has 2 bridgehead atoms. The summed E-state index contributed by atoms with van der Waals surface area (Å²) < 4.78 is 29.1. The number of methoxy groups -OCH3 is 1. The van der Waals surface area contributed by atoms with Gasteiger partial charge in [-0.15, -0.1) is 0 Å². The van der Waals surface area contributed by atoms with Crippen molar-refractivity contribution in [2.24, 2.45) is 16.2 Å². The Kier molecular flexibility index (Phi) is 7.75. The molecule has 6 nitrogen and oxygen atoms in total. The molecule has 0 N–H and O–H groups in total. The van der Waals surface area contributed by atoms with Gasteiger partial charge in [0.25, 0.3) is 5.91 Å². The number of nitrogens with zero attached hydrogens (tertiary/aromatic N) is 2. The molecule has 2 aliphatic heterocycles. The highest BCUT2D eigenvalue weighted by Crippen LogP contribution is 2.47. The van der Waals surface area contributed by atoms with E-state index in [1.54, 1.807) is 13.2 Å². The Labute approximate surface area is 237 Å². The Hall–Kier alpha value is -2.35. The quantitative estimate of drug-likeness (QED) is 0.337. The summed E-state index contributed by atoms with van der Waals surface area (Å²) in [6.07, 6.45) is 11.3. The molecule has 6 rings (SSSR count). The number of thiol groups is 1. The first-order valence-corrected chi connectivity index (χ1v) is 15.9. The lowest BCUT2D eigenvalue weighted by Gasteiger charge is -2.46. The Balaban J connectivity index is 1.43. The first-order valence-electron chi connectivity index (χ1n) is 14.2. The number of hydrogen-bond acceptors (Lipinski definition) is 5. The zero-order valence-electron chi connectivity index (χ0n) is 22.5.